The van der Waals surface area contributed by atoms with Crippen molar-refractivity contribution in [3.63, 3.8) is 0 Å². The predicted octanol–water partition coefficient (Wildman–Crippen LogP) is 2.23. The predicted molar refractivity (Wildman–Crippen MR) is 75.5 cm³/mol. The third kappa shape index (κ3) is 2.69. The van der Waals surface area contributed by atoms with Crippen molar-refractivity contribution in [3.05, 3.63) is 24.2 Å². The van der Waals surface area contributed by atoms with Crippen molar-refractivity contribution in [3.8, 4) is 0 Å². The van der Waals surface area contributed by atoms with Crippen molar-refractivity contribution in [2.45, 2.75) is 38.0 Å². The van der Waals surface area contributed by atoms with Crippen LogP contribution in [0.3, 0.4) is 0 Å². The maximum absolute atomic E-state index is 12.2. The average molecular weight is 291 g/mol. The Hall–Kier alpha value is -1.78. The summed E-state index contributed by atoms with van der Waals surface area (Å²) in [6, 6.07) is 3.75. The van der Waals surface area contributed by atoms with E-state index in [1.54, 1.807) is 6.26 Å². The molecule has 1 N–H and O–H groups in total. The van der Waals surface area contributed by atoms with Gasteiger partial charge < -0.3 is 14.5 Å². The molecule has 0 aromatic carbocycles. The molecule has 1 aromatic rings. The zero-order valence-electron chi connectivity index (χ0n) is 12.3. The Morgan fingerprint density at radius 2 is 2.19 bits per heavy atom. The molecule has 0 bridgehead atoms. The number of hydrogen-bond donors (Lipinski definition) is 1. The number of ether oxygens (including phenoxy) is 1. The van der Waals surface area contributed by atoms with Crippen LogP contribution in [0.5, 0.6) is 0 Å². The molecule has 1 amide bonds. The van der Waals surface area contributed by atoms with E-state index < -0.39 is 5.41 Å². The molecule has 2 saturated carbocycles. The lowest BCUT2D eigenvalue weighted by atomic mass is 9.86. The number of furan rings is 1. The van der Waals surface area contributed by atoms with Gasteiger partial charge in [-0.1, -0.05) is 12.8 Å². The minimum Gasteiger partial charge on any atom is -0.469 e. The lowest BCUT2D eigenvalue weighted by molar-refractivity contribution is -0.152. The third-order valence-electron chi connectivity index (χ3n) is 4.82. The van der Waals surface area contributed by atoms with Crippen LogP contribution in [0.15, 0.2) is 22.8 Å². The minimum atomic E-state index is -0.514. The first-order valence-electron chi connectivity index (χ1n) is 7.56. The Bertz CT molecular complexity index is 516. The van der Waals surface area contributed by atoms with Crippen molar-refractivity contribution in [1.29, 1.82) is 0 Å². The number of nitrogens with one attached hydrogen (secondary N) is 1. The summed E-state index contributed by atoms with van der Waals surface area (Å²) >= 11 is 0. The minimum absolute atomic E-state index is 0.0200. The van der Waals surface area contributed by atoms with Crippen molar-refractivity contribution in [2.75, 3.05) is 13.7 Å². The molecule has 1 heterocycles. The molecule has 0 radical (unpaired) electrons. The van der Waals surface area contributed by atoms with Crippen LogP contribution >= 0.6 is 0 Å². The molecule has 2 fully saturated rings. The number of methoxy groups -OCH3 is 1. The molecule has 0 aliphatic heterocycles. The van der Waals surface area contributed by atoms with E-state index in [0.29, 0.717) is 6.54 Å². The Morgan fingerprint density at radius 3 is 2.81 bits per heavy atom. The monoisotopic (exact) mass is 291 g/mol. The van der Waals surface area contributed by atoms with Crippen LogP contribution in [0, 0.1) is 11.3 Å². The van der Waals surface area contributed by atoms with Gasteiger partial charge in [0.1, 0.15) is 5.76 Å². The highest BCUT2D eigenvalue weighted by Crippen LogP contribution is 2.48. The smallest absolute Gasteiger partial charge is 0.313 e. The standard InChI is InChI=1S/C16H21NO4/c1-20-15(19)16(6-2-3-7-16)10-17-14(18)12-9-11(12)13-5-4-8-21-13/h4-5,8,11-12H,2-3,6-7,9-10H2,1H3,(H,17,18)/t11-,12+/m0/s1. The number of rotatable bonds is 5. The quantitative estimate of drug-likeness (QED) is 0.845. The fourth-order valence-corrected chi connectivity index (χ4v) is 3.41. The SMILES string of the molecule is COC(=O)C1(CNC(=O)[C@@H]2C[C@@H]2c2ccco2)CCCC1. The summed E-state index contributed by atoms with van der Waals surface area (Å²) in [5.74, 6) is 0.869. The van der Waals surface area contributed by atoms with Gasteiger partial charge in [-0.25, -0.2) is 0 Å². The van der Waals surface area contributed by atoms with Gasteiger partial charge in [0.15, 0.2) is 0 Å². The topological polar surface area (TPSA) is 68.5 Å². The van der Waals surface area contributed by atoms with Gasteiger partial charge in [-0.15, -0.1) is 0 Å². The molecule has 114 valence electrons. The van der Waals surface area contributed by atoms with Gasteiger partial charge in [-0.05, 0) is 31.4 Å². The average Bonchev–Trinajstić information content (AvgIpc) is 2.95. The van der Waals surface area contributed by atoms with E-state index in [1.165, 1.54) is 7.11 Å². The number of carbonyl (C=O) groups excluding carboxylic acids is 2. The van der Waals surface area contributed by atoms with Crippen LogP contribution in [0.1, 0.15) is 43.8 Å². The first-order chi connectivity index (χ1) is 10.2. The molecule has 0 saturated heterocycles. The van der Waals surface area contributed by atoms with E-state index in [9.17, 15) is 9.59 Å². The van der Waals surface area contributed by atoms with Gasteiger partial charge in [0.25, 0.3) is 0 Å². The molecule has 2 atom stereocenters. The molecule has 2 aliphatic carbocycles. The number of hydrogen-bond acceptors (Lipinski definition) is 4. The molecule has 3 rings (SSSR count). The van der Waals surface area contributed by atoms with Gasteiger partial charge in [0.05, 0.1) is 18.8 Å². The number of amides is 1. The third-order valence-corrected chi connectivity index (χ3v) is 4.82. The molecule has 0 spiro atoms. The molecule has 1 aromatic heterocycles. The Balaban J connectivity index is 1.55. The summed E-state index contributed by atoms with van der Waals surface area (Å²) in [5, 5.41) is 2.95. The van der Waals surface area contributed by atoms with Crippen LogP contribution in [0.25, 0.3) is 0 Å². The highest BCUT2D eigenvalue weighted by molar-refractivity contribution is 5.84. The molecule has 0 unspecified atom stereocenters. The van der Waals surface area contributed by atoms with Crippen LogP contribution < -0.4 is 5.32 Å². The highest BCUT2D eigenvalue weighted by atomic mass is 16.5. The second kappa shape index (κ2) is 5.54. The fourth-order valence-electron chi connectivity index (χ4n) is 3.41. The normalized spacial score (nSPS) is 26.3. The summed E-state index contributed by atoms with van der Waals surface area (Å²) in [6.45, 7) is 0.389. The lowest BCUT2D eigenvalue weighted by Gasteiger charge is -2.26. The summed E-state index contributed by atoms with van der Waals surface area (Å²) in [4.78, 5) is 24.2. The molecule has 5 nitrogen and oxygen atoms in total. The summed E-state index contributed by atoms with van der Waals surface area (Å²) < 4.78 is 10.3. The van der Waals surface area contributed by atoms with Crippen molar-refractivity contribution in [2.24, 2.45) is 11.3 Å². The summed E-state index contributed by atoms with van der Waals surface area (Å²) in [7, 11) is 1.41. The summed E-state index contributed by atoms with van der Waals surface area (Å²) in [5.41, 5.74) is -0.514. The van der Waals surface area contributed by atoms with E-state index in [4.69, 9.17) is 9.15 Å². The van der Waals surface area contributed by atoms with Gasteiger partial charge in [-0.3, -0.25) is 9.59 Å². The van der Waals surface area contributed by atoms with E-state index in [1.807, 2.05) is 12.1 Å². The Labute approximate surface area is 124 Å². The van der Waals surface area contributed by atoms with Gasteiger partial charge in [0, 0.05) is 18.4 Å². The first kappa shape index (κ1) is 14.2. The zero-order valence-corrected chi connectivity index (χ0v) is 12.3. The van der Waals surface area contributed by atoms with Crippen LogP contribution in [-0.2, 0) is 14.3 Å². The second-order valence-electron chi connectivity index (χ2n) is 6.16. The first-order valence-corrected chi connectivity index (χ1v) is 7.56. The van der Waals surface area contributed by atoms with Crippen LogP contribution in [-0.4, -0.2) is 25.5 Å². The van der Waals surface area contributed by atoms with E-state index >= 15 is 0 Å². The van der Waals surface area contributed by atoms with Crippen LogP contribution in [0.4, 0.5) is 0 Å². The van der Waals surface area contributed by atoms with E-state index in [2.05, 4.69) is 5.32 Å². The van der Waals surface area contributed by atoms with Gasteiger partial charge >= 0.3 is 5.97 Å². The molecule has 21 heavy (non-hydrogen) atoms. The van der Waals surface area contributed by atoms with Crippen molar-refractivity contribution < 1.29 is 18.7 Å². The zero-order chi connectivity index (χ0) is 14.9. The van der Waals surface area contributed by atoms with E-state index in [-0.39, 0.29) is 23.7 Å². The fraction of sp³-hybridized carbons (Fsp3) is 0.625. The number of carbonyl (C=O) groups is 2. The largest absolute Gasteiger partial charge is 0.469 e. The molecule has 2 aliphatic rings. The van der Waals surface area contributed by atoms with Crippen molar-refractivity contribution in [1.82, 2.24) is 5.32 Å². The van der Waals surface area contributed by atoms with Crippen LogP contribution in [0.2, 0.25) is 0 Å². The Morgan fingerprint density at radius 1 is 1.43 bits per heavy atom. The molecular weight excluding hydrogens is 270 g/mol. The van der Waals surface area contributed by atoms with Crippen molar-refractivity contribution >= 4 is 11.9 Å². The summed E-state index contributed by atoms with van der Waals surface area (Å²) in [6.07, 6.45) is 6.09. The lowest BCUT2D eigenvalue weighted by Crippen LogP contribution is -2.42. The highest BCUT2D eigenvalue weighted by Gasteiger charge is 2.47. The number of esters is 1. The van der Waals surface area contributed by atoms with Gasteiger partial charge in [0.2, 0.25) is 5.91 Å². The second-order valence-corrected chi connectivity index (χ2v) is 6.16. The Kier molecular flexibility index (Phi) is 3.74. The molecular formula is C16H21NO4. The molecule has 5 heteroatoms. The van der Waals surface area contributed by atoms with Gasteiger partial charge in [-0.2, -0.15) is 0 Å². The maximum atomic E-state index is 12.2. The van der Waals surface area contributed by atoms with E-state index in [0.717, 1.165) is 37.9 Å². The maximum Gasteiger partial charge on any atom is 0.313 e.